The molecular formula is C23H27N3O4. The normalized spacial score (nSPS) is 10.6. The maximum absolute atomic E-state index is 13.0. The van der Waals surface area contributed by atoms with Crippen LogP contribution in [0.25, 0.3) is 16.9 Å². The minimum Gasteiger partial charge on any atom is -0.497 e. The van der Waals surface area contributed by atoms with E-state index in [1.807, 2.05) is 49.4 Å². The highest BCUT2D eigenvalue weighted by Crippen LogP contribution is 2.34. The number of nitrogens with zero attached hydrogens (tertiary/aromatic N) is 2. The summed E-state index contributed by atoms with van der Waals surface area (Å²) in [4.78, 5) is 13.0. The van der Waals surface area contributed by atoms with E-state index in [0.29, 0.717) is 48.1 Å². The number of methoxy groups -OCH3 is 2. The van der Waals surface area contributed by atoms with Crippen LogP contribution < -0.4 is 14.8 Å². The minimum atomic E-state index is -0.193. The van der Waals surface area contributed by atoms with Crippen LogP contribution in [-0.4, -0.2) is 49.7 Å². The quantitative estimate of drug-likeness (QED) is 0.517. The summed E-state index contributed by atoms with van der Waals surface area (Å²) in [6, 6.07) is 15.1. The number of benzene rings is 2. The number of hydrogen-bond acceptors (Lipinski definition) is 5. The zero-order valence-corrected chi connectivity index (χ0v) is 17.6. The SMILES string of the molecule is CCOCCCNC(=O)c1cn(-c2ccccc2)nc1-c1ccc(OC)cc1OC. The maximum atomic E-state index is 13.0. The fraction of sp³-hybridized carbons (Fsp3) is 0.304. The van der Waals surface area contributed by atoms with Gasteiger partial charge in [-0.1, -0.05) is 18.2 Å². The molecule has 30 heavy (non-hydrogen) atoms. The van der Waals surface area contributed by atoms with Gasteiger partial charge in [0.05, 0.1) is 25.5 Å². The Labute approximate surface area is 176 Å². The molecule has 0 atom stereocenters. The molecule has 1 amide bonds. The second kappa shape index (κ2) is 10.5. The van der Waals surface area contributed by atoms with E-state index in [0.717, 1.165) is 12.1 Å². The van der Waals surface area contributed by atoms with E-state index in [-0.39, 0.29) is 5.91 Å². The molecule has 7 heteroatoms. The van der Waals surface area contributed by atoms with Gasteiger partial charge in [0, 0.05) is 37.6 Å². The summed E-state index contributed by atoms with van der Waals surface area (Å²) < 4.78 is 17.9. The molecule has 7 nitrogen and oxygen atoms in total. The number of amides is 1. The Morgan fingerprint density at radius 1 is 1.10 bits per heavy atom. The van der Waals surface area contributed by atoms with E-state index in [1.165, 1.54) is 0 Å². The predicted octanol–water partition coefficient (Wildman–Crippen LogP) is 3.71. The summed E-state index contributed by atoms with van der Waals surface area (Å²) in [5.41, 5.74) is 2.59. The van der Waals surface area contributed by atoms with Crippen LogP contribution >= 0.6 is 0 Å². The first kappa shape index (κ1) is 21.4. The Hall–Kier alpha value is -3.32. The average Bonchev–Trinajstić information content (AvgIpc) is 3.24. The molecule has 1 N–H and O–H groups in total. The highest BCUT2D eigenvalue weighted by Gasteiger charge is 2.21. The lowest BCUT2D eigenvalue weighted by Gasteiger charge is -2.10. The summed E-state index contributed by atoms with van der Waals surface area (Å²) in [5.74, 6) is 1.06. The van der Waals surface area contributed by atoms with E-state index in [2.05, 4.69) is 5.32 Å². The van der Waals surface area contributed by atoms with E-state index >= 15 is 0 Å². The summed E-state index contributed by atoms with van der Waals surface area (Å²) in [6.45, 7) is 3.75. The summed E-state index contributed by atoms with van der Waals surface area (Å²) in [5, 5.41) is 7.66. The Bertz CT molecular complexity index is 970. The molecule has 0 unspecified atom stereocenters. The Morgan fingerprint density at radius 2 is 1.90 bits per heavy atom. The molecule has 2 aromatic carbocycles. The van der Waals surface area contributed by atoms with Crippen molar-refractivity contribution in [3.8, 4) is 28.4 Å². The van der Waals surface area contributed by atoms with Gasteiger partial charge in [0.15, 0.2) is 0 Å². The standard InChI is InChI=1S/C23H27N3O4/c1-4-30-14-8-13-24-23(27)20-16-26(17-9-6-5-7-10-17)25-22(20)19-12-11-18(28-2)15-21(19)29-3/h5-7,9-12,15-16H,4,8,13-14H2,1-3H3,(H,24,27). The van der Waals surface area contributed by atoms with E-state index in [4.69, 9.17) is 19.3 Å². The van der Waals surface area contributed by atoms with Gasteiger partial charge in [-0.05, 0) is 37.6 Å². The first-order valence-corrected chi connectivity index (χ1v) is 9.91. The number of ether oxygens (including phenoxy) is 3. The topological polar surface area (TPSA) is 74.6 Å². The van der Waals surface area contributed by atoms with Crippen molar-refractivity contribution in [3.63, 3.8) is 0 Å². The van der Waals surface area contributed by atoms with Crippen molar-refractivity contribution in [2.45, 2.75) is 13.3 Å². The number of para-hydroxylation sites is 1. The lowest BCUT2D eigenvalue weighted by molar-refractivity contribution is 0.0945. The maximum Gasteiger partial charge on any atom is 0.255 e. The van der Waals surface area contributed by atoms with Gasteiger partial charge < -0.3 is 19.5 Å². The average molecular weight is 409 g/mol. The Balaban J connectivity index is 1.96. The molecule has 3 aromatic rings. The van der Waals surface area contributed by atoms with Gasteiger partial charge in [-0.3, -0.25) is 4.79 Å². The third kappa shape index (κ3) is 4.99. The fourth-order valence-corrected chi connectivity index (χ4v) is 3.06. The zero-order valence-electron chi connectivity index (χ0n) is 17.6. The molecule has 0 saturated heterocycles. The van der Waals surface area contributed by atoms with Crippen molar-refractivity contribution in [3.05, 3.63) is 60.3 Å². The van der Waals surface area contributed by atoms with Gasteiger partial charge in [0.25, 0.3) is 5.91 Å². The second-order valence-corrected chi connectivity index (χ2v) is 6.54. The highest BCUT2D eigenvalue weighted by molar-refractivity contribution is 6.00. The molecule has 0 bridgehead atoms. The molecule has 3 rings (SSSR count). The van der Waals surface area contributed by atoms with Crippen LogP contribution in [0, 0.1) is 0 Å². The van der Waals surface area contributed by atoms with Crippen molar-refractivity contribution in [1.29, 1.82) is 0 Å². The van der Waals surface area contributed by atoms with Gasteiger partial charge in [-0.25, -0.2) is 4.68 Å². The van der Waals surface area contributed by atoms with Gasteiger partial charge in [0.2, 0.25) is 0 Å². The van der Waals surface area contributed by atoms with Gasteiger partial charge in [-0.2, -0.15) is 5.10 Å². The molecule has 1 heterocycles. The van der Waals surface area contributed by atoms with Crippen LogP contribution in [-0.2, 0) is 4.74 Å². The number of carbonyl (C=O) groups is 1. The van der Waals surface area contributed by atoms with E-state index < -0.39 is 0 Å². The molecular weight excluding hydrogens is 382 g/mol. The molecule has 0 spiro atoms. The van der Waals surface area contributed by atoms with Crippen molar-refractivity contribution >= 4 is 5.91 Å². The Morgan fingerprint density at radius 3 is 2.60 bits per heavy atom. The molecule has 0 radical (unpaired) electrons. The molecule has 0 aliphatic carbocycles. The molecule has 0 aliphatic rings. The van der Waals surface area contributed by atoms with Crippen molar-refractivity contribution in [2.24, 2.45) is 0 Å². The molecule has 0 fully saturated rings. The van der Waals surface area contributed by atoms with Crippen LogP contribution in [0.1, 0.15) is 23.7 Å². The minimum absolute atomic E-state index is 0.193. The van der Waals surface area contributed by atoms with Crippen molar-refractivity contribution in [2.75, 3.05) is 34.0 Å². The third-order valence-corrected chi connectivity index (χ3v) is 4.60. The van der Waals surface area contributed by atoms with Crippen molar-refractivity contribution < 1.29 is 19.0 Å². The first-order valence-electron chi connectivity index (χ1n) is 9.91. The zero-order chi connectivity index (χ0) is 21.3. The lowest BCUT2D eigenvalue weighted by atomic mass is 10.1. The molecule has 158 valence electrons. The second-order valence-electron chi connectivity index (χ2n) is 6.54. The number of nitrogens with one attached hydrogen (secondary N) is 1. The molecule has 0 aliphatic heterocycles. The molecule has 0 saturated carbocycles. The summed E-state index contributed by atoms with van der Waals surface area (Å²) in [7, 11) is 3.18. The van der Waals surface area contributed by atoms with Gasteiger partial charge in [0.1, 0.15) is 17.2 Å². The fourth-order valence-electron chi connectivity index (χ4n) is 3.06. The Kier molecular flexibility index (Phi) is 7.45. The lowest BCUT2D eigenvalue weighted by Crippen LogP contribution is -2.25. The largest absolute Gasteiger partial charge is 0.497 e. The number of carbonyl (C=O) groups excluding carboxylic acids is 1. The van der Waals surface area contributed by atoms with Crippen LogP contribution in [0.3, 0.4) is 0 Å². The van der Waals surface area contributed by atoms with Gasteiger partial charge >= 0.3 is 0 Å². The smallest absolute Gasteiger partial charge is 0.255 e. The van der Waals surface area contributed by atoms with E-state index in [9.17, 15) is 4.79 Å². The highest BCUT2D eigenvalue weighted by atomic mass is 16.5. The van der Waals surface area contributed by atoms with Crippen molar-refractivity contribution in [1.82, 2.24) is 15.1 Å². The monoisotopic (exact) mass is 409 g/mol. The number of aromatic nitrogens is 2. The van der Waals surface area contributed by atoms with Crippen LogP contribution in [0.2, 0.25) is 0 Å². The van der Waals surface area contributed by atoms with E-state index in [1.54, 1.807) is 31.2 Å². The molecule has 1 aromatic heterocycles. The number of hydrogen-bond donors (Lipinski definition) is 1. The first-order chi connectivity index (χ1) is 14.7. The number of rotatable bonds is 10. The third-order valence-electron chi connectivity index (χ3n) is 4.60. The predicted molar refractivity (Wildman–Crippen MR) is 116 cm³/mol. The summed E-state index contributed by atoms with van der Waals surface area (Å²) in [6.07, 6.45) is 2.49. The van der Waals surface area contributed by atoms with Gasteiger partial charge in [-0.15, -0.1) is 0 Å². The summed E-state index contributed by atoms with van der Waals surface area (Å²) >= 11 is 0. The van der Waals surface area contributed by atoms with Crippen LogP contribution in [0.15, 0.2) is 54.7 Å². The van der Waals surface area contributed by atoms with Crippen LogP contribution in [0.4, 0.5) is 0 Å². The van der Waals surface area contributed by atoms with Crippen LogP contribution in [0.5, 0.6) is 11.5 Å².